The van der Waals surface area contributed by atoms with Gasteiger partial charge in [0.15, 0.2) is 5.76 Å². The summed E-state index contributed by atoms with van der Waals surface area (Å²) in [7, 11) is 3.31. The highest BCUT2D eigenvalue weighted by Gasteiger charge is 2.13. The van der Waals surface area contributed by atoms with E-state index in [2.05, 4.69) is 0 Å². The molecule has 88 valence electrons. The van der Waals surface area contributed by atoms with Crippen LogP contribution in [-0.4, -0.2) is 24.9 Å². The second-order valence-corrected chi connectivity index (χ2v) is 3.87. The van der Waals surface area contributed by atoms with Gasteiger partial charge in [0.05, 0.1) is 0 Å². The molecule has 2 aromatic rings. The van der Waals surface area contributed by atoms with Gasteiger partial charge in [0.1, 0.15) is 11.6 Å². The normalized spacial score (nSPS) is 10.3. The molecule has 0 fully saturated rings. The molecule has 0 aliphatic carbocycles. The Bertz CT molecular complexity index is 529. The molecule has 3 nitrogen and oxygen atoms in total. The summed E-state index contributed by atoms with van der Waals surface area (Å²) in [6.45, 7) is 0. The van der Waals surface area contributed by atoms with Gasteiger partial charge >= 0.3 is 0 Å². The summed E-state index contributed by atoms with van der Waals surface area (Å²) in [4.78, 5) is 13.1. The van der Waals surface area contributed by atoms with Gasteiger partial charge < -0.3 is 9.32 Å². The number of rotatable bonds is 2. The van der Waals surface area contributed by atoms with Gasteiger partial charge in [-0.05, 0) is 36.4 Å². The van der Waals surface area contributed by atoms with Crippen molar-refractivity contribution < 1.29 is 13.6 Å². The maximum atomic E-state index is 12.8. The first-order valence-corrected chi connectivity index (χ1v) is 5.15. The average molecular weight is 233 g/mol. The summed E-state index contributed by atoms with van der Waals surface area (Å²) < 4.78 is 18.2. The van der Waals surface area contributed by atoms with Crippen LogP contribution in [0.5, 0.6) is 0 Å². The molecule has 0 saturated carbocycles. The average Bonchev–Trinajstić information content (AvgIpc) is 2.78. The lowest BCUT2D eigenvalue weighted by Gasteiger charge is -2.06. The number of carbonyl (C=O) groups excluding carboxylic acids is 1. The van der Waals surface area contributed by atoms with Crippen LogP contribution in [0.3, 0.4) is 0 Å². The summed E-state index contributed by atoms with van der Waals surface area (Å²) >= 11 is 0. The standard InChI is InChI=1S/C13H12FNO2/c1-15(2)13(16)12-8-7-11(17-12)9-3-5-10(14)6-4-9/h3-8H,1-2H3. The first-order valence-electron chi connectivity index (χ1n) is 5.15. The Balaban J connectivity index is 2.30. The van der Waals surface area contributed by atoms with Gasteiger partial charge in [-0.3, -0.25) is 4.79 Å². The topological polar surface area (TPSA) is 33.5 Å². The number of hydrogen-bond acceptors (Lipinski definition) is 2. The Hall–Kier alpha value is -2.10. The van der Waals surface area contributed by atoms with Gasteiger partial charge in [-0.2, -0.15) is 0 Å². The molecular weight excluding hydrogens is 221 g/mol. The first kappa shape index (κ1) is 11.4. The van der Waals surface area contributed by atoms with Crippen molar-refractivity contribution in [2.75, 3.05) is 14.1 Å². The SMILES string of the molecule is CN(C)C(=O)c1ccc(-c2ccc(F)cc2)o1. The second kappa shape index (κ2) is 4.41. The third kappa shape index (κ3) is 2.36. The van der Waals surface area contributed by atoms with E-state index in [1.807, 2.05) is 0 Å². The van der Waals surface area contributed by atoms with E-state index in [-0.39, 0.29) is 17.5 Å². The monoisotopic (exact) mass is 233 g/mol. The van der Waals surface area contributed by atoms with Crippen LogP contribution in [0.2, 0.25) is 0 Å². The molecule has 4 heteroatoms. The number of amides is 1. The molecule has 1 heterocycles. The molecular formula is C13H12FNO2. The van der Waals surface area contributed by atoms with Crippen molar-refractivity contribution in [3.05, 3.63) is 48.0 Å². The molecule has 0 saturated heterocycles. The molecule has 0 aliphatic heterocycles. The number of halogens is 1. The van der Waals surface area contributed by atoms with E-state index in [1.54, 1.807) is 38.4 Å². The maximum absolute atomic E-state index is 12.8. The molecule has 2 rings (SSSR count). The first-order chi connectivity index (χ1) is 8.08. The van der Waals surface area contributed by atoms with Crippen molar-refractivity contribution in [2.24, 2.45) is 0 Å². The smallest absolute Gasteiger partial charge is 0.289 e. The predicted octanol–water partition coefficient (Wildman–Crippen LogP) is 2.79. The summed E-state index contributed by atoms with van der Waals surface area (Å²) in [5.74, 6) is 0.327. The van der Waals surface area contributed by atoms with Crippen molar-refractivity contribution in [3.8, 4) is 11.3 Å². The van der Waals surface area contributed by atoms with Gasteiger partial charge in [-0.15, -0.1) is 0 Å². The molecule has 1 aromatic heterocycles. The van der Waals surface area contributed by atoms with Crippen LogP contribution in [0, 0.1) is 5.82 Å². The van der Waals surface area contributed by atoms with E-state index < -0.39 is 0 Å². The second-order valence-electron chi connectivity index (χ2n) is 3.87. The van der Waals surface area contributed by atoms with Gasteiger partial charge in [0, 0.05) is 19.7 Å². The number of nitrogens with zero attached hydrogens (tertiary/aromatic N) is 1. The molecule has 0 N–H and O–H groups in total. The molecule has 0 aliphatic rings. The third-order valence-corrected chi connectivity index (χ3v) is 2.35. The van der Waals surface area contributed by atoms with Crippen molar-refractivity contribution in [2.45, 2.75) is 0 Å². The molecule has 0 spiro atoms. The third-order valence-electron chi connectivity index (χ3n) is 2.35. The molecule has 17 heavy (non-hydrogen) atoms. The van der Waals surface area contributed by atoms with Crippen LogP contribution in [0.1, 0.15) is 10.6 Å². The number of hydrogen-bond donors (Lipinski definition) is 0. The van der Waals surface area contributed by atoms with E-state index in [0.717, 1.165) is 5.56 Å². The quantitative estimate of drug-likeness (QED) is 0.799. The summed E-state index contributed by atoms with van der Waals surface area (Å²) in [6, 6.07) is 9.23. The molecule has 1 amide bonds. The molecule has 0 bridgehead atoms. The van der Waals surface area contributed by atoms with Gasteiger partial charge in [0.2, 0.25) is 0 Å². The van der Waals surface area contributed by atoms with Crippen molar-refractivity contribution in [3.63, 3.8) is 0 Å². The largest absolute Gasteiger partial charge is 0.451 e. The minimum absolute atomic E-state index is 0.196. The van der Waals surface area contributed by atoms with E-state index in [1.165, 1.54) is 17.0 Å². The Kier molecular flexibility index (Phi) is 2.95. The summed E-state index contributed by atoms with van der Waals surface area (Å²) in [5, 5.41) is 0. The van der Waals surface area contributed by atoms with Crippen LogP contribution < -0.4 is 0 Å². The highest BCUT2D eigenvalue weighted by molar-refractivity contribution is 5.91. The summed E-state index contributed by atoms with van der Waals surface area (Å²) in [6.07, 6.45) is 0. The fraction of sp³-hybridized carbons (Fsp3) is 0.154. The zero-order valence-corrected chi connectivity index (χ0v) is 9.61. The Morgan fingerprint density at radius 1 is 1.12 bits per heavy atom. The summed E-state index contributed by atoms with van der Waals surface area (Å²) in [5.41, 5.74) is 0.740. The highest BCUT2D eigenvalue weighted by atomic mass is 19.1. The minimum Gasteiger partial charge on any atom is -0.451 e. The Labute approximate surface area is 98.5 Å². The van der Waals surface area contributed by atoms with Crippen molar-refractivity contribution in [1.29, 1.82) is 0 Å². The van der Waals surface area contributed by atoms with Crippen molar-refractivity contribution in [1.82, 2.24) is 4.90 Å². The van der Waals surface area contributed by atoms with Crippen LogP contribution >= 0.6 is 0 Å². The zero-order chi connectivity index (χ0) is 12.4. The number of furan rings is 1. The van der Waals surface area contributed by atoms with Crippen LogP contribution in [0.4, 0.5) is 4.39 Å². The van der Waals surface area contributed by atoms with Crippen molar-refractivity contribution >= 4 is 5.91 Å². The van der Waals surface area contributed by atoms with Crippen LogP contribution in [0.25, 0.3) is 11.3 Å². The lowest BCUT2D eigenvalue weighted by Crippen LogP contribution is -2.20. The molecule has 0 radical (unpaired) electrons. The van der Waals surface area contributed by atoms with E-state index >= 15 is 0 Å². The van der Waals surface area contributed by atoms with Gasteiger partial charge in [0.25, 0.3) is 5.91 Å². The fourth-order valence-corrected chi connectivity index (χ4v) is 1.44. The number of benzene rings is 1. The Morgan fingerprint density at radius 2 is 1.76 bits per heavy atom. The molecule has 1 aromatic carbocycles. The minimum atomic E-state index is -0.301. The fourth-order valence-electron chi connectivity index (χ4n) is 1.44. The van der Waals surface area contributed by atoms with E-state index in [4.69, 9.17) is 4.42 Å². The zero-order valence-electron chi connectivity index (χ0n) is 9.61. The van der Waals surface area contributed by atoms with Gasteiger partial charge in [-0.25, -0.2) is 4.39 Å². The highest BCUT2D eigenvalue weighted by Crippen LogP contribution is 2.22. The van der Waals surface area contributed by atoms with Gasteiger partial charge in [-0.1, -0.05) is 0 Å². The lowest BCUT2D eigenvalue weighted by molar-refractivity contribution is 0.0797. The molecule has 0 unspecified atom stereocenters. The predicted molar refractivity (Wildman–Crippen MR) is 62.1 cm³/mol. The molecule has 0 atom stereocenters. The van der Waals surface area contributed by atoms with E-state index in [0.29, 0.717) is 5.76 Å². The van der Waals surface area contributed by atoms with E-state index in [9.17, 15) is 9.18 Å². The number of carbonyl (C=O) groups is 1. The van der Waals surface area contributed by atoms with Crippen LogP contribution in [-0.2, 0) is 0 Å². The van der Waals surface area contributed by atoms with Crippen LogP contribution in [0.15, 0.2) is 40.8 Å². The Morgan fingerprint density at radius 3 is 2.35 bits per heavy atom. The lowest BCUT2D eigenvalue weighted by atomic mass is 10.2. The maximum Gasteiger partial charge on any atom is 0.289 e.